The second-order valence-electron chi connectivity index (χ2n) is 2.70. The first-order chi connectivity index (χ1) is 6.81. The summed E-state index contributed by atoms with van der Waals surface area (Å²) < 4.78 is 0. The van der Waals surface area contributed by atoms with E-state index in [-0.39, 0.29) is 0 Å². The van der Waals surface area contributed by atoms with Gasteiger partial charge in [-0.25, -0.2) is 4.98 Å². The lowest BCUT2D eigenvalue weighted by Crippen LogP contribution is -2.72. The highest BCUT2D eigenvalue weighted by Gasteiger charge is 2.12. The maximum atomic E-state index is 5.94. The summed E-state index contributed by atoms with van der Waals surface area (Å²) in [4.78, 5) is 8.30. The largest absolute Gasteiger partial charge is 0.305 e. The maximum Gasteiger partial charge on any atom is 0.224 e. The van der Waals surface area contributed by atoms with Gasteiger partial charge in [-0.15, -0.1) is 0 Å². The number of pyridine rings is 1. The van der Waals surface area contributed by atoms with Crippen LogP contribution in [0.15, 0.2) is 24.5 Å². The molecule has 0 aliphatic carbocycles. The van der Waals surface area contributed by atoms with E-state index in [0.717, 1.165) is 15.6 Å². The van der Waals surface area contributed by atoms with Gasteiger partial charge in [-0.2, -0.15) is 0 Å². The molecule has 0 amide bonds. The Balaban J connectivity index is 2.43. The van der Waals surface area contributed by atoms with Crippen molar-refractivity contribution in [2.75, 3.05) is 7.05 Å². The highest BCUT2D eigenvalue weighted by molar-refractivity contribution is 7.18. The van der Waals surface area contributed by atoms with Crippen LogP contribution in [0.2, 0.25) is 5.15 Å². The van der Waals surface area contributed by atoms with E-state index in [4.69, 9.17) is 11.6 Å². The number of halogens is 1. The Morgan fingerprint density at radius 2 is 2.36 bits per heavy atom. The molecule has 2 aromatic heterocycles. The summed E-state index contributed by atoms with van der Waals surface area (Å²) in [6.07, 6.45) is 3.53. The van der Waals surface area contributed by atoms with E-state index in [0.29, 0.717) is 5.15 Å². The van der Waals surface area contributed by atoms with Crippen molar-refractivity contribution in [3.63, 3.8) is 0 Å². The van der Waals surface area contributed by atoms with Gasteiger partial charge >= 0.3 is 0 Å². The minimum atomic E-state index is 0.566. The summed E-state index contributed by atoms with van der Waals surface area (Å²) in [6, 6.07) is 3.86. The van der Waals surface area contributed by atoms with Crippen LogP contribution in [-0.2, 0) is 0 Å². The third kappa shape index (κ3) is 1.77. The number of aromatic nitrogens is 2. The fourth-order valence-electron chi connectivity index (χ4n) is 1.10. The SMILES string of the molecule is C[NH2+]c1sc(-c2cccnc2)nc1Cl. The van der Waals surface area contributed by atoms with Crippen LogP contribution in [-0.4, -0.2) is 17.0 Å². The van der Waals surface area contributed by atoms with Crippen molar-refractivity contribution in [2.45, 2.75) is 0 Å². The number of nitrogens with zero attached hydrogens (tertiary/aromatic N) is 2. The molecule has 0 spiro atoms. The van der Waals surface area contributed by atoms with E-state index in [9.17, 15) is 0 Å². The van der Waals surface area contributed by atoms with Crippen LogP contribution in [0.3, 0.4) is 0 Å². The Morgan fingerprint density at radius 3 is 2.93 bits per heavy atom. The molecule has 3 nitrogen and oxygen atoms in total. The Bertz CT molecular complexity index is 427. The predicted molar refractivity (Wildman–Crippen MR) is 57.9 cm³/mol. The minimum absolute atomic E-state index is 0.566. The summed E-state index contributed by atoms with van der Waals surface area (Å²) in [6.45, 7) is 0. The number of thiazole rings is 1. The molecular weight excluding hydrogens is 218 g/mol. The average Bonchev–Trinajstić information content (AvgIpc) is 2.61. The fraction of sp³-hybridized carbons (Fsp3) is 0.111. The lowest BCUT2D eigenvalue weighted by atomic mass is 10.3. The molecule has 0 saturated heterocycles. The van der Waals surface area contributed by atoms with Gasteiger partial charge in [0.05, 0.1) is 7.05 Å². The Morgan fingerprint density at radius 1 is 1.50 bits per heavy atom. The molecule has 0 aliphatic heterocycles. The zero-order chi connectivity index (χ0) is 9.97. The molecule has 2 N–H and O–H groups in total. The fourth-order valence-corrected chi connectivity index (χ4v) is 2.30. The molecule has 0 fully saturated rings. The highest BCUT2D eigenvalue weighted by Crippen LogP contribution is 2.31. The lowest BCUT2D eigenvalue weighted by molar-refractivity contribution is -0.535. The Hall–Kier alpha value is -0.970. The summed E-state index contributed by atoms with van der Waals surface area (Å²) in [7, 11) is 1.95. The third-order valence-corrected chi connectivity index (χ3v) is 3.35. The first-order valence-electron chi connectivity index (χ1n) is 4.17. The van der Waals surface area contributed by atoms with Crippen LogP contribution in [0, 0.1) is 0 Å². The average molecular weight is 227 g/mol. The zero-order valence-corrected chi connectivity index (χ0v) is 9.14. The third-order valence-electron chi connectivity index (χ3n) is 1.78. The molecule has 72 valence electrons. The topological polar surface area (TPSA) is 42.4 Å². The molecule has 2 aromatic rings. The maximum absolute atomic E-state index is 5.94. The smallest absolute Gasteiger partial charge is 0.224 e. The number of quaternary nitrogens is 1. The van der Waals surface area contributed by atoms with Gasteiger partial charge < -0.3 is 5.32 Å². The molecule has 0 atom stereocenters. The van der Waals surface area contributed by atoms with E-state index in [2.05, 4.69) is 9.97 Å². The van der Waals surface area contributed by atoms with Crippen LogP contribution in [0.1, 0.15) is 0 Å². The molecule has 14 heavy (non-hydrogen) atoms. The van der Waals surface area contributed by atoms with Gasteiger partial charge in [-0.3, -0.25) is 4.98 Å². The van der Waals surface area contributed by atoms with Gasteiger partial charge in [0.15, 0.2) is 0 Å². The molecule has 0 radical (unpaired) electrons. The first kappa shape index (κ1) is 9.58. The van der Waals surface area contributed by atoms with Gasteiger partial charge in [-0.05, 0) is 12.1 Å². The van der Waals surface area contributed by atoms with Crippen molar-refractivity contribution in [3.8, 4) is 10.6 Å². The molecule has 0 aromatic carbocycles. The second-order valence-corrected chi connectivity index (χ2v) is 4.09. The standard InChI is InChI=1S/C9H8ClN3S/c1-11-9-7(10)13-8(14-9)6-3-2-4-12-5-6/h2-5,11H,1H3/p+1. The van der Waals surface area contributed by atoms with Crippen LogP contribution in [0.25, 0.3) is 10.6 Å². The quantitative estimate of drug-likeness (QED) is 0.847. The summed E-state index contributed by atoms with van der Waals surface area (Å²) >= 11 is 7.52. The van der Waals surface area contributed by atoms with Gasteiger partial charge in [-0.1, -0.05) is 22.9 Å². The van der Waals surface area contributed by atoms with Crippen molar-refractivity contribution in [1.82, 2.24) is 9.97 Å². The summed E-state index contributed by atoms with van der Waals surface area (Å²) in [5, 5.41) is 4.44. The molecule has 5 heteroatoms. The van der Waals surface area contributed by atoms with Crippen LogP contribution >= 0.6 is 22.9 Å². The predicted octanol–water partition coefficient (Wildman–Crippen LogP) is 1.68. The summed E-state index contributed by atoms with van der Waals surface area (Å²) in [5.41, 5.74) is 1.01. The summed E-state index contributed by atoms with van der Waals surface area (Å²) in [5.74, 6) is 0. The molecule has 0 aliphatic rings. The highest BCUT2D eigenvalue weighted by atomic mass is 35.5. The number of nitrogens with two attached hydrogens (primary N) is 1. The van der Waals surface area contributed by atoms with Gasteiger partial charge in [0.1, 0.15) is 5.01 Å². The molecule has 2 heterocycles. The van der Waals surface area contributed by atoms with Crippen molar-refractivity contribution in [2.24, 2.45) is 0 Å². The van der Waals surface area contributed by atoms with E-state index < -0.39 is 0 Å². The lowest BCUT2D eigenvalue weighted by Gasteiger charge is -1.91. The number of hydrogen-bond donors (Lipinski definition) is 1. The van der Waals surface area contributed by atoms with Crippen molar-refractivity contribution >= 4 is 27.9 Å². The first-order valence-corrected chi connectivity index (χ1v) is 5.37. The number of hydrogen-bond acceptors (Lipinski definition) is 3. The van der Waals surface area contributed by atoms with Crippen LogP contribution < -0.4 is 5.32 Å². The van der Waals surface area contributed by atoms with E-state index in [1.165, 1.54) is 0 Å². The molecular formula is C9H9ClN3S+. The van der Waals surface area contributed by atoms with E-state index in [1.807, 2.05) is 24.5 Å². The minimum Gasteiger partial charge on any atom is -0.305 e. The van der Waals surface area contributed by atoms with Gasteiger partial charge in [0, 0.05) is 18.0 Å². The van der Waals surface area contributed by atoms with Gasteiger partial charge in [0.2, 0.25) is 10.2 Å². The van der Waals surface area contributed by atoms with Crippen LogP contribution in [0.4, 0.5) is 5.00 Å². The molecule has 0 saturated carbocycles. The number of rotatable bonds is 2. The molecule has 0 bridgehead atoms. The van der Waals surface area contributed by atoms with E-state index in [1.54, 1.807) is 23.7 Å². The van der Waals surface area contributed by atoms with Crippen molar-refractivity contribution in [3.05, 3.63) is 29.7 Å². The van der Waals surface area contributed by atoms with Crippen molar-refractivity contribution < 1.29 is 5.32 Å². The zero-order valence-electron chi connectivity index (χ0n) is 7.57. The monoisotopic (exact) mass is 226 g/mol. The van der Waals surface area contributed by atoms with Gasteiger partial charge in [0.25, 0.3) is 0 Å². The Labute approximate surface area is 90.8 Å². The van der Waals surface area contributed by atoms with Crippen LogP contribution in [0.5, 0.6) is 0 Å². The van der Waals surface area contributed by atoms with E-state index >= 15 is 0 Å². The second kappa shape index (κ2) is 4.04. The molecule has 2 rings (SSSR count). The van der Waals surface area contributed by atoms with Crippen molar-refractivity contribution in [1.29, 1.82) is 0 Å². The Kier molecular flexibility index (Phi) is 2.77. The normalized spacial score (nSPS) is 10.4. The molecule has 0 unspecified atom stereocenters.